The number of hydrogen-bond acceptors (Lipinski definition) is 5. The molecule has 0 saturated carbocycles. The number of benzene rings is 1. The molecule has 0 radical (unpaired) electrons. The van der Waals surface area contributed by atoms with E-state index in [1.807, 2.05) is 0 Å². The van der Waals surface area contributed by atoms with Crippen LogP contribution in [0.1, 0.15) is 16.2 Å². The molecule has 0 aliphatic carbocycles. The summed E-state index contributed by atoms with van der Waals surface area (Å²) in [6, 6.07) is 7.06. The first-order valence-corrected chi connectivity index (χ1v) is 5.97. The number of carbonyl (C=O) groups is 1. The van der Waals surface area contributed by atoms with Gasteiger partial charge in [0, 0.05) is 11.6 Å². The van der Waals surface area contributed by atoms with E-state index in [4.69, 9.17) is 4.52 Å². The lowest BCUT2D eigenvalue weighted by Crippen LogP contribution is -2.05. The largest absolute Gasteiger partial charge is 0.476 e. The molecule has 0 amide bonds. The smallest absolute Gasteiger partial charge is 0.358 e. The third kappa shape index (κ3) is 2.50. The molecule has 106 valence electrons. The van der Waals surface area contributed by atoms with Crippen LogP contribution in [0.3, 0.4) is 0 Å². The van der Waals surface area contributed by atoms with E-state index in [0.717, 1.165) is 0 Å². The van der Waals surface area contributed by atoms with Crippen LogP contribution in [-0.4, -0.2) is 31.2 Å². The highest BCUT2D eigenvalue weighted by molar-refractivity contribution is 5.92. The Bertz CT molecular complexity index is 765. The fraction of sp³-hybridized carbons (Fsp3) is 0.0769. The Morgan fingerprint density at radius 1 is 1.29 bits per heavy atom. The van der Waals surface area contributed by atoms with Gasteiger partial charge in [0.05, 0.1) is 6.20 Å². The van der Waals surface area contributed by atoms with Crippen molar-refractivity contribution in [2.45, 2.75) is 6.54 Å². The van der Waals surface area contributed by atoms with Crippen LogP contribution >= 0.6 is 0 Å². The van der Waals surface area contributed by atoms with Gasteiger partial charge in [0.2, 0.25) is 0 Å². The average molecular weight is 288 g/mol. The van der Waals surface area contributed by atoms with Gasteiger partial charge < -0.3 is 9.63 Å². The maximum absolute atomic E-state index is 13.0. The molecular formula is C13H9FN4O3. The van der Waals surface area contributed by atoms with E-state index in [2.05, 4.69) is 15.5 Å². The summed E-state index contributed by atoms with van der Waals surface area (Å²) < 4.78 is 19.4. The van der Waals surface area contributed by atoms with Crippen LogP contribution in [0.25, 0.3) is 11.3 Å². The van der Waals surface area contributed by atoms with Gasteiger partial charge in [-0.05, 0) is 24.3 Å². The number of nitrogens with zero attached hydrogens (tertiary/aromatic N) is 4. The summed E-state index contributed by atoms with van der Waals surface area (Å²) >= 11 is 0. The van der Waals surface area contributed by atoms with Crippen LogP contribution in [0, 0.1) is 5.82 Å². The molecule has 7 nitrogen and oxygen atoms in total. The number of rotatable bonds is 4. The molecule has 0 fully saturated rings. The van der Waals surface area contributed by atoms with Crippen molar-refractivity contribution >= 4 is 5.97 Å². The third-order valence-corrected chi connectivity index (χ3v) is 2.85. The van der Waals surface area contributed by atoms with Crippen molar-refractivity contribution in [1.29, 1.82) is 0 Å². The molecule has 0 aliphatic heterocycles. The molecule has 1 aromatic carbocycles. The van der Waals surface area contributed by atoms with E-state index in [1.54, 1.807) is 6.07 Å². The van der Waals surface area contributed by atoms with E-state index in [9.17, 15) is 14.3 Å². The molecule has 0 atom stereocenters. The van der Waals surface area contributed by atoms with Gasteiger partial charge >= 0.3 is 5.97 Å². The Kier molecular flexibility index (Phi) is 3.19. The highest BCUT2D eigenvalue weighted by atomic mass is 19.1. The second-order valence-corrected chi connectivity index (χ2v) is 4.24. The van der Waals surface area contributed by atoms with Crippen LogP contribution in [0.5, 0.6) is 0 Å². The molecule has 1 N–H and O–H groups in total. The Labute approximate surface area is 117 Å². The Morgan fingerprint density at radius 3 is 2.67 bits per heavy atom. The van der Waals surface area contributed by atoms with Crippen molar-refractivity contribution in [2.24, 2.45) is 0 Å². The van der Waals surface area contributed by atoms with Gasteiger partial charge in [-0.3, -0.25) is 0 Å². The predicted octanol–water partition coefficient (Wildman–Crippen LogP) is 1.82. The van der Waals surface area contributed by atoms with Gasteiger partial charge in [-0.2, -0.15) is 0 Å². The van der Waals surface area contributed by atoms with Crippen molar-refractivity contribution in [3.63, 3.8) is 0 Å². The molecule has 8 heteroatoms. The number of carboxylic acid groups (broad SMARTS) is 1. The number of hydrogen-bond donors (Lipinski definition) is 1. The van der Waals surface area contributed by atoms with Gasteiger partial charge in [-0.15, -0.1) is 5.10 Å². The summed E-state index contributed by atoms with van der Waals surface area (Å²) in [5.41, 5.74) is 0.568. The normalized spacial score (nSPS) is 10.7. The van der Waals surface area contributed by atoms with E-state index in [1.165, 1.54) is 35.1 Å². The lowest BCUT2D eigenvalue weighted by molar-refractivity contribution is 0.0691. The summed E-state index contributed by atoms with van der Waals surface area (Å²) in [4.78, 5) is 11.3. The van der Waals surface area contributed by atoms with Crippen molar-refractivity contribution in [3.8, 4) is 11.3 Å². The summed E-state index contributed by atoms with van der Waals surface area (Å²) in [7, 11) is 0. The number of aromatic carboxylic acids is 1. The van der Waals surface area contributed by atoms with E-state index < -0.39 is 11.8 Å². The average Bonchev–Trinajstić information content (AvgIpc) is 3.10. The third-order valence-electron chi connectivity index (χ3n) is 2.85. The zero-order chi connectivity index (χ0) is 14.8. The number of halogens is 1. The lowest BCUT2D eigenvalue weighted by Gasteiger charge is -2.05. The van der Waals surface area contributed by atoms with Crippen LogP contribution < -0.4 is 0 Å². The van der Waals surface area contributed by atoms with Crippen LogP contribution in [0.15, 0.2) is 41.1 Å². The Balaban J connectivity index is 2.08. The molecule has 2 heterocycles. The van der Waals surface area contributed by atoms with E-state index >= 15 is 0 Å². The first-order chi connectivity index (χ1) is 10.1. The van der Waals surface area contributed by atoms with Gasteiger partial charge in [-0.1, -0.05) is 10.4 Å². The van der Waals surface area contributed by atoms with Crippen LogP contribution in [-0.2, 0) is 6.54 Å². The first-order valence-electron chi connectivity index (χ1n) is 5.97. The predicted molar refractivity (Wildman–Crippen MR) is 68.0 cm³/mol. The fourth-order valence-corrected chi connectivity index (χ4v) is 1.93. The second kappa shape index (κ2) is 5.16. The highest BCUT2D eigenvalue weighted by Gasteiger charge is 2.21. The summed E-state index contributed by atoms with van der Waals surface area (Å²) in [6.45, 7) is 0.174. The standard InChI is InChI=1S/C13H9FN4O3/c14-9-3-1-8(2-4-9)12-11(13(19)20)16-17-18(12)7-10-5-6-15-21-10/h1-6H,7H2,(H,19,20). The Hall–Kier alpha value is -3.03. The molecule has 21 heavy (non-hydrogen) atoms. The van der Waals surface area contributed by atoms with Gasteiger partial charge in [-0.25, -0.2) is 13.9 Å². The second-order valence-electron chi connectivity index (χ2n) is 4.24. The van der Waals surface area contributed by atoms with E-state index in [-0.39, 0.29) is 17.9 Å². The molecule has 3 rings (SSSR count). The minimum atomic E-state index is -1.21. The quantitative estimate of drug-likeness (QED) is 0.787. The molecule has 0 aliphatic rings. The maximum Gasteiger partial charge on any atom is 0.358 e. The maximum atomic E-state index is 13.0. The molecule has 3 aromatic rings. The topological polar surface area (TPSA) is 94.0 Å². The zero-order valence-corrected chi connectivity index (χ0v) is 10.6. The molecule has 2 aromatic heterocycles. The van der Waals surface area contributed by atoms with Gasteiger partial charge in [0.25, 0.3) is 0 Å². The number of carboxylic acids is 1. The summed E-state index contributed by atoms with van der Waals surface area (Å²) in [5.74, 6) is -1.12. The van der Waals surface area contributed by atoms with Crippen molar-refractivity contribution < 1.29 is 18.8 Å². The molecule has 0 spiro atoms. The fourth-order valence-electron chi connectivity index (χ4n) is 1.93. The molecule has 0 saturated heterocycles. The summed E-state index contributed by atoms with van der Waals surface area (Å²) in [6.07, 6.45) is 1.47. The zero-order valence-electron chi connectivity index (χ0n) is 10.6. The van der Waals surface area contributed by atoms with Crippen molar-refractivity contribution in [3.05, 3.63) is 53.8 Å². The van der Waals surface area contributed by atoms with Gasteiger partial charge in [0.15, 0.2) is 11.5 Å². The molecule has 0 bridgehead atoms. The number of aromatic nitrogens is 4. The summed E-state index contributed by atoms with van der Waals surface area (Å²) in [5, 5.41) is 20.2. The monoisotopic (exact) mass is 288 g/mol. The Morgan fingerprint density at radius 2 is 2.05 bits per heavy atom. The van der Waals surface area contributed by atoms with E-state index in [0.29, 0.717) is 11.3 Å². The van der Waals surface area contributed by atoms with Gasteiger partial charge in [0.1, 0.15) is 18.1 Å². The van der Waals surface area contributed by atoms with Crippen molar-refractivity contribution in [2.75, 3.05) is 0 Å². The minimum absolute atomic E-state index is 0.174. The SMILES string of the molecule is O=C(O)c1nnn(Cc2ccno2)c1-c1ccc(F)cc1. The highest BCUT2D eigenvalue weighted by Crippen LogP contribution is 2.23. The molecule has 0 unspecified atom stereocenters. The lowest BCUT2D eigenvalue weighted by atomic mass is 10.1. The minimum Gasteiger partial charge on any atom is -0.476 e. The van der Waals surface area contributed by atoms with Crippen LogP contribution in [0.2, 0.25) is 0 Å². The first kappa shape index (κ1) is 13.0. The van der Waals surface area contributed by atoms with Crippen molar-refractivity contribution in [1.82, 2.24) is 20.2 Å². The molecular weight excluding hydrogens is 279 g/mol. The van der Waals surface area contributed by atoms with Crippen LogP contribution in [0.4, 0.5) is 4.39 Å².